The second kappa shape index (κ2) is 5.22. The summed E-state index contributed by atoms with van der Waals surface area (Å²) >= 11 is 0. The summed E-state index contributed by atoms with van der Waals surface area (Å²) < 4.78 is 1.52. The molecule has 1 saturated heterocycles. The average Bonchev–Trinajstić information content (AvgIpc) is 3.23. The van der Waals surface area contributed by atoms with Crippen molar-refractivity contribution in [1.29, 1.82) is 0 Å². The van der Waals surface area contributed by atoms with Crippen LogP contribution in [0.1, 0.15) is 25.7 Å². The monoisotopic (exact) mass is 277 g/mol. The van der Waals surface area contributed by atoms with Crippen molar-refractivity contribution in [1.82, 2.24) is 19.7 Å². The molecule has 108 valence electrons. The van der Waals surface area contributed by atoms with Gasteiger partial charge in [0.1, 0.15) is 6.33 Å². The highest BCUT2D eigenvalue weighted by atomic mass is 16.2. The first kappa shape index (κ1) is 13.1. The van der Waals surface area contributed by atoms with Gasteiger partial charge in [0.25, 0.3) is 0 Å². The molecule has 2 aliphatic rings. The number of rotatable bonds is 3. The first-order valence-electron chi connectivity index (χ1n) is 7.09. The van der Waals surface area contributed by atoms with Crippen LogP contribution in [0.25, 0.3) is 0 Å². The molecule has 7 heteroatoms. The van der Waals surface area contributed by atoms with Crippen LogP contribution in [0, 0.1) is 11.8 Å². The quantitative estimate of drug-likeness (QED) is 0.867. The Bertz CT molecular complexity index is 523. The van der Waals surface area contributed by atoms with E-state index in [0.29, 0.717) is 12.5 Å². The zero-order valence-corrected chi connectivity index (χ0v) is 11.6. The van der Waals surface area contributed by atoms with E-state index in [1.165, 1.54) is 11.0 Å². The lowest BCUT2D eigenvalue weighted by Gasteiger charge is -2.32. The molecule has 3 rings (SSSR count). The number of amides is 2. The molecule has 0 aromatic carbocycles. The van der Waals surface area contributed by atoms with Crippen molar-refractivity contribution >= 4 is 17.8 Å². The van der Waals surface area contributed by atoms with Crippen LogP contribution < -0.4 is 5.32 Å². The van der Waals surface area contributed by atoms with Crippen LogP contribution in [0.2, 0.25) is 0 Å². The fraction of sp³-hybridized carbons (Fsp3) is 0.692. The predicted octanol–water partition coefficient (Wildman–Crippen LogP) is 0.402. The third-order valence-electron chi connectivity index (χ3n) is 3.98. The molecule has 2 fully saturated rings. The molecule has 0 bridgehead atoms. The third-order valence-corrected chi connectivity index (χ3v) is 3.98. The summed E-state index contributed by atoms with van der Waals surface area (Å²) in [7, 11) is 1.73. The van der Waals surface area contributed by atoms with Gasteiger partial charge in [0.05, 0.1) is 5.92 Å². The van der Waals surface area contributed by atoms with E-state index in [1.807, 2.05) is 4.90 Å². The highest BCUT2D eigenvalue weighted by Crippen LogP contribution is 2.32. The zero-order valence-electron chi connectivity index (χ0n) is 11.6. The van der Waals surface area contributed by atoms with E-state index >= 15 is 0 Å². The molecule has 0 unspecified atom stereocenters. The molecule has 7 nitrogen and oxygen atoms in total. The number of aromatic nitrogens is 3. The maximum absolute atomic E-state index is 12.2. The fourth-order valence-corrected chi connectivity index (χ4v) is 2.60. The molecule has 1 saturated carbocycles. The number of piperidine rings is 1. The summed E-state index contributed by atoms with van der Waals surface area (Å²) in [6, 6.07) is 0. The zero-order chi connectivity index (χ0) is 14.1. The van der Waals surface area contributed by atoms with Crippen molar-refractivity contribution in [3.63, 3.8) is 0 Å². The van der Waals surface area contributed by atoms with Gasteiger partial charge in [0.2, 0.25) is 17.8 Å². The van der Waals surface area contributed by atoms with Crippen molar-refractivity contribution < 1.29 is 9.59 Å². The molecule has 1 aromatic heterocycles. The summed E-state index contributed by atoms with van der Waals surface area (Å²) in [5, 5.41) is 6.69. The summed E-state index contributed by atoms with van der Waals surface area (Å²) in [6.45, 7) is 1.31. The molecule has 1 N–H and O–H groups in total. The average molecular weight is 277 g/mol. The minimum absolute atomic E-state index is 0.0746. The van der Waals surface area contributed by atoms with Crippen molar-refractivity contribution in [2.24, 2.45) is 18.9 Å². The van der Waals surface area contributed by atoms with Gasteiger partial charge in [-0.2, -0.15) is 10.1 Å². The lowest BCUT2D eigenvalue weighted by Crippen LogP contribution is -2.44. The molecule has 2 heterocycles. The Morgan fingerprint density at radius 3 is 2.75 bits per heavy atom. The largest absolute Gasteiger partial charge is 0.342 e. The van der Waals surface area contributed by atoms with E-state index in [0.717, 1.165) is 32.2 Å². The van der Waals surface area contributed by atoms with Gasteiger partial charge in [-0.05, 0) is 25.7 Å². The number of hydrogen-bond acceptors (Lipinski definition) is 4. The van der Waals surface area contributed by atoms with Gasteiger partial charge in [-0.3, -0.25) is 14.9 Å². The maximum Gasteiger partial charge on any atom is 0.231 e. The number of aryl methyl sites for hydroxylation is 1. The lowest BCUT2D eigenvalue weighted by atomic mass is 9.97. The summed E-state index contributed by atoms with van der Waals surface area (Å²) in [5.74, 6) is 0.662. The molecule has 2 amide bonds. The molecular weight excluding hydrogens is 258 g/mol. The van der Waals surface area contributed by atoms with Crippen LogP contribution in [-0.2, 0) is 16.6 Å². The second-order valence-electron chi connectivity index (χ2n) is 5.59. The van der Waals surface area contributed by atoms with E-state index in [1.54, 1.807) is 7.05 Å². The Labute approximate surface area is 117 Å². The van der Waals surface area contributed by atoms with Crippen LogP contribution >= 0.6 is 0 Å². The molecule has 1 aromatic rings. The molecule has 1 aliphatic carbocycles. The summed E-state index contributed by atoms with van der Waals surface area (Å²) in [4.78, 5) is 30.1. The minimum atomic E-state index is -0.150. The summed E-state index contributed by atoms with van der Waals surface area (Å²) in [5.41, 5.74) is 0. The lowest BCUT2D eigenvalue weighted by molar-refractivity contribution is -0.135. The minimum Gasteiger partial charge on any atom is -0.342 e. The number of hydrogen-bond donors (Lipinski definition) is 1. The van der Waals surface area contributed by atoms with Crippen LogP contribution in [0.15, 0.2) is 6.33 Å². The third kappa shape index (κ3) is 2.66. The van der Waals surface area contributed by atoms with Gasteiger partial charge in [0, 0.05) is 26.1 Å². The second-order valence-corrected chi connectivity index (χ2v) is 5.59. The molecule has 0 radical (unpaired) electrons. The fourth-order valence-electron chi connectivity index (χ4n) is 2.60. The smallest absolute Gasteiger partial charge is 0.231 e. The number of likely N-dealkylation sites (tertiary alicyclic amines) is 1. The van der Waals surface area contributed by atoms with Crippen LogP contribution in [-0.4, -0.2) is 44.6 Å². The molecule has 20 heavy (non-hydrogen) atoms. The Morgan fingerprint density at radius 1 is 1.30 bits per heavy atom. The van der Waals surface area contributed by atoms with Crippen molar-refractivity contribution in [3.8, 4) is 0 Å². The van der Waals surface area contributed by atoms with Crippen LogP contribution in [0.4, 0.5) is 5.95 Å². The van der Waals surface area contributed by atoms with Gasteiger partial charge < -0.3 is 4.90 Å². The first-order valence-corrected chi connectivity index (χ1v) is 7.09. The highest BCUT2D eigenvalue weighted by Gasteiger charge is 2.36. The van der Waals surface area contributed by atoms with Gasteiger partial charge in [-0.15, -0.1) is 0 Å². The molecule has 1 atom stereocenters. The molecule has 1 aliphatic heterocycles. The standard InChI is InChI=1S/C13H19N5O2/c1-17-13(14-8-15-17)16-11(19)10-3-2-6-18(7-10)12(20)9-4-5-9/h8-10H,2-7H2,1H3,(H,14,15,16,19)/t10-/m1/s1. The van der Waals surface area contributed by atoms with E-state index < -0.39 is 0 Å². The SMILES string of the molecule is Cn1ncnc1NC(=O)[C@@H]1CCCN(C(=O)C2CC2)C1. The molecule has 0 spiro atoms. The summed E-state index contributed by atoms with van der Waals surface area (Å²) in [6.07, 6.45) is 5.11. The van der Waals surface area contributed by atoms with E-state index in [2.05, 4.69) is 15.4 Å². The number of carbonyl (C=O) groups is 2. The van der Waals surface area contributed by atoms with E-state index in [4.69, 9.17) is 0 Å². The number of nitrogens with zero attached hydrogens (tertiary/aromatic N) is 4. The Balaban J connectivity index is 1.60. The Kier molecular flexibility index (Phi) is 3.42. The number of carbonyl (C=O) groups excluding carboxylic acids is 2. The van der Waals surface area contributed by atoms with Crippen LogP contribution in [0.5, 0.6) is 0 Å². The van der Waals surface area contributed by atoms with Gasteiger partial charge in [-0.25, -0.2) is 4.68 Å². The van der Waals surface area contributed by atoms with Gasteiger partial charge >= 0.3 is 0 Å². The first-order chi connectivity index (χ1) is 9.65. The van der Waals surface area contributed by atoms with Crippen LogP contribution in [0.3, 0.4) is 0 Å². The van der Waals surface area contributed by atoms with Crippen molar-refractivity contribution in [2.75, 3.05) is 18.4 Å². The highest BCUT2D eigenvalue weighted by molar-refractivity contribution is 5.91. The number of nitrogens with one attached hydrogen (secondary N) is 1. The normalized spacial score (nSPS) is 22.6. The Morgan fingerprint density at radius 2 is 2.10 bits per heavy atom. The topological polar surface area (TPSA) is 80.1 Å². The molecular formula is C13H19N5O2. The van der Waals surface area contributed by atoms with Crippen molar-refractivity contribution in [2.45, 2.75) is 25.7 Å². The van der Waals surface area contributed by atoms with Gasteiger partial charge in [-0.1, -0.05) is 0 Å². The number of anilines is 1. The van der Waals surface area contributed by atoms with Gasteiger partial charge in [0.15, 0.2) is 0 Å². The predicted molar refractivity (Wildman–Crippen MR) is 71.7 cm³/mol. The van der Waals surface area contributed by atoms with Crippen molar-refractivity contribution in [3.05, 3.63) is 6.33 Å². The Hall–Kier alpha value is -1.92. The van der Waals surface area contributed by atoms with E-state index in [9.17, 15) is 9.59 Å². The van der Waals surface area contributed by atoms with E-state index in [-0.39, 0.29) is 23.7 Å². The maximum atomic E-state index is 12.2.